The van der Waals surface area contributed by atoms with Crippen LogP contribution in [0, 0.1) is 13.8 Å². The van der Waals surface area contributed by atoms with Gasteiger partial charge >= 0.3 is 0 Å². The molecule has 1 aliphatic heterocycles. The van der Waals surface area contributed by atoms with Gasteiger partial charge in [-0.25, -0.2) is 0 Å². The number of fused-ring (bicyclic) bond motifs is 1. The maximum atomic E-state index is 12.9. The van der Waals surface area contributed by atoms with Crippen LogP contribution in [0.3, 0.4) is 0 Å². The SMILES string of the molecule is Cc1cncc(-c2ccc(NC(=O)[C@H](C)c3cc(C)cc4c3C(=O)N(C)C4=O)nn2)c1. The third kappa shape index (κ3) is 3.68. The van der Waals surface area contributed by atoms with Crippen LogP contribution in [0.25, 0.3) is 11.3 Å². The van der Waals surface area contributed by atoms with E-state index in [2.05, 4.69) is 20.5 Å². The zero-order valence-corrected chi connectivity index (χ0v) is 17.6. The van der Waals surface area contributed by atoms with Crippen LogP contribution in [0.4, 0.5) is 5.82 Å². The van der Waals surface area contributed by atoms with E-state index in [1.54, 1.807) is 43.6 Å². The number of rotatable bonds is 4. The number of nitrogens with zero attached hydrogens (tertiary/aromatic N) is 4. The molecule has 0 saturated heterocycles. The number of amides is 3. The van der Waals surface area contributed by atoms with Crippen molar-refractivity contribution in [1.82, 2.24) is 20.1 Å². The van der Waals surface area contributed by atoms with Crippen molar-refractivity contribution in [2.24, 2.45) is 0 Å². The second-order valence-electron chi connectivity index (χ2n) is 7.71. The topological polar surface area (TPSA) is 105 Å². The maximum Gasteiger partial charge on any atom is 0.261 e. The number of anilines is 1. The van der Waals surface area contributed by atoms with Crippen LogP contribution in [-0.2, 0) is 4.79 Å². The van der Waals surface area contributed by atoms with Crippen LogP contribution in [0.15, 0.2) is 42.7 Å². The lowest BCUT2D eigenvalue weighted by molar-refractivity contribution is -0.117. The smallest absolute Gasteiger partial charge is 0.261 e. The first-order valence-electron chi connectivity index (χ1n) is 9.80. The fraction of sp³-hybridized carbons (Fsp3) is 0.217. The predicted molar refractivity (Wildman–Crippen MR) is 115 cm³/mol. The van der Waals surface area contributed by atoms with Crippen molar-refractivity contribution in [2.75, 3.05) is 12.4 Å². The van der Waals surface area contributed by atoms with Crippen molar-refractivity contribution in [3.63, 3.8) is 0 Å². The molecule has 8 nitrogen and oxygen atoms in total. The Balaban J connectivity index is 1.57. The Morgan fingerprint density at radius 1 is 1.00 bits per heavy atom. The van der Waals surface area contributed by atoms with Gasteiger partial charge in [0.05, 0.1) is 22.7 Å². The van der Waals surface area contributed by atoms with E-state index < -0.39 is 11.8 Å². The zero-order valence-electron chi connectivity index (χ0n) is 17.6. The highest BCUT2D eigenvalue weighted by atomic mass is 16.2. The molecule has 0 spiro atoms. The van der Waals surface area contributed by atoms with E-state index in [-0.39, 0.29) is 17.4 Å². The number of pyridine rings is 1. The number of aromatic nitrogens is 3. The van der Waals surface area contributed by atoms with Gasteiger partial charge in [-0.3, -0.25) is 24.3 Å². The minimum absolute atomic E-state index is 0.286. The molecule has 1 N–H and O–H groups in total. The minimum atomic E-state index is -0.667. The molecule has 0 saturated carbocycles. The Morgan fingerprint density at radius 2 is 1.77 bits per heavy atom. The van der Waals surface area contributed by atoms with Crippen molar-refractivity contribution < 1.29 is 14.4 Å². The molecule has 1 atom stereocenters. The summed E-state index contributed by atoms with van der Waals surface area (Å²) in [6.07, 6.45) is 3.45. The first-order chi connectivity index (χ1) is 14.8. The van der Waals surface area contributed by atoms with Gasteiger partial charge in [-0.15, -0.1) is 10.2 Å². The summed E-state index contributed by atoms with van der Waals surface area (Å²) in [4.78, 5) is 43.0. The Bertz CT molecular complexity index is 1220. The molecular weight excluding hydrogens is 394 g/mol. The Kier molecular flexibility index (Phi) is 5.06. The Hall–Kier alpha value is -3.94. The van der Waals surface area contributed by atoms with Crippen molar-refractivity contribution in [3.8, 4) is 11.3 Å². The monoisotopic (exact) mass is 415 g/mol. The minimum Gasteiger partial charge on any atom is -0.309 e. The van der Waals surface area contributed by atoms with Gasteiger partial charge in [0, 0.05) is 25.0 Å². The van der Waals surface area contributed by atoms with Crippen LogP contribution < -0.4 is 5.32 Å². The summed E-state index contributed by atoms with van der Waals surface area (Å²) in [5.41, 5.74) is 4.43. The van der Waals surface area contributed by atoms with Crippen LogP contribution in [0.5, 0.6) is 0 Å². The highest BCUT2D eigenvalue weighted by Crippen LogP contribution is 2.31. The summed E-state index contributed by atoms with van der Waals surface area (Å²) in [6.45, 7) is 5.47. The maximum absolute atomic E-state index is 12.9. The van der Waals surface area contributed by atoms with Crippen LogP contribution in [0.1, 0.15) is 50.2 Å². The van der Waals surface area contributed by atoms with Gasteiger partial charge in [0.2, 0.25) is 5.91 Å². The number of carbonyl (C=O) groups is 3. The number of benzene rings is 1. The van der Waals surface area contributed by atoms with Crippen molar-refractivity contribution in [2.45, 2.75) is 26.7 Å². The van der Waals surface area contributed by atoms with E-state index in [0.717, 1.165) is 21.6 Å². The molecule has 0 unspecified atom stereocenters. The predicted octanol–water partition coefficient (Wildman–Crippen LogP) is 3.12. The van der Waals surface area contributed by atoms with Crippen molar-refractivity contribution in [1.29, 1.82) is 0 Å². The molecule has 2 aromatic heterocycles. The second-order valence-corrected chi connectivity index (χ2v) is 7.71. The molecule has 0 bridgehead atoms. The fourth-order valence-electron chi connectivity index (χ4n) is 3.63. The first-order valence-corrected chi connectivity index (χ1v) is 9.80. The lowest BCUT2D eigenvalue weighted by Gasteiger charge is -2.15. The van der Waals surface area contributed by atoms with E-state index in [0.29, 0.717) is 22.6 Å². The molecule has 0 fully saturated rings. The molecule has 4 rings (SSSR count). The zero-order chi connectivity index (χ0) is 22.3. The van der Waals surface area contributed by atoms with Gasteiger partial charge in [-0.2, -0.15) is 0 Å². The normalized spacial score (nSPS) is 13.9. The second kappa shape index (κ2) is 7.71. The summed E-state index contributed by atoms with van der Waals surface area (Å²) < 4.78 is 0. The quantitative estimate of drug-likeness (QED) is 0.657. The molecule has 0 aliphatic carbocycles. The fourth-order valence-corrected chi connectivity index (χ4v) is 3.63. The molecule has 3 heterocycles. The average molecular weight is 415 g/mol. The molecule has 0 radical (unpaired) electrons. The van der Waals surface area contributed by atoms with E-state index >= 15 is 0 Å². The third-order valence-electron chi connectivity index (χ3n) is 5.31. The molecule has 3 amide bonds. The number of aryl methyl sites for hydroxylation is 2. The summed E-state index contributed by atoms with van der Waals surface area (Å²) in [5, 5.41) is 11.0. The van der Waals surface area contributed by atoms with E-state index in [4.69, 9.17) is 0 Å². The highest BCUT2D eigenvalue weighted by molar-refractivity contribution is 6.22. The number of imide groups is 1. The van der Waals surface area contributed by atoms with Gasteiger partial charge in [0.1, 0.15) is 0 Å². The summed E-state index contributed by atoms with van der Waals surface area (Å²) in [5.74, 6) is -1.47. The largest absolute Gasteiger partial charge is 0.309 e. The van der Waals surface area contributed by atoms with Crippen molar-refractivity contribution in [3.05, 3.63) is 70.5 Å². The molecule has 8 heteroatoms. The average Bonchev–Trinajstić information content (AvgIpc) is 2.97. The Morgan fingerprint density at radius 3 is 2.45 bits per heavy atom. The van der Waals surface area contributed by atoms with E-state index in [1.807, 2.05) is 19.9 Å². The molecule has 1 aliphatic rings. The third-order valence-corrected chi connectivity index (χ3v) is 5.31. The van der Waals surface area contributed by atoms with Crippen LogP contribution in [-0.4, -0.2) is 44.9 Å². The lowest BCUT2D eigenvalue weighted by atomic mass is 9.90. The Labute approximate surface area is 179 Å². The number of hydrogen-bond donors (Lipinski definition) is 1. The van der Waals surface area contributed by atoms with Crippen LogP contribution in [0.2, 0.25) is 0 Å². The van der Waals surface area contributed by atoms with Gasteiger partial charge in [-0.05, 0) is 61.7 Å². The standard InChI is InChI=1S/C23H21N5O3/c1-12-8-16(20-17(9-12)22(30)28(4)23(20)31)14(3)21(29)25-19-6-5-18(26-27-19)15-7-13(2)10-24-11-15/h5-11,14H,1-4H3,(H,25,27,29)/t14-/m1/s1. The first kappa shape index (κ1) is 20.3. The molecule has 3 aromatic rings. The lowest BCUT2D eigenvalue weighted by Crippen LogP contribution is -2.25. The van der Waals surface area contributed by atoms with Gasteiger partial charge in [-0.1, -0.05) is 6.07 Å². The molecule has 1 aromatic carbocycles. The number of carbonyl (C=O) groups excluding carboxylic acids is 3. The van der Waals surface area contributed by atoms with E-state index in [9.17, 15) is 14.4 Å². The molecule has 156 valence electrons. The summed E-state index contributed by atoms with van der Waals surface area (Å²) in [7, 11) is 1.44. The number of nitrogens with one attached hydrogen (secondary N) is 1. The van der Waals surface area contributed by atoms with Crippen LogP contribution >= 0.6 is 0 Å². The van der Waals surface area contributed by atoms with Crippen molar-refractivity contribution >= 4 is 23.5 Å². The van der Waals surface area contributed by atoms with Gasteiger partial charge < -0.3 is 5.32 Å². The summed E-state index contributed by atoms with van der Waals surface area (Å²) >= 11 is 0. The van der Waals surface area contributed by atoms with E-state index in [1.165, 1.54) is 7.05 Å². The number of hydrogen-bond acceptors (Lipinski definition) is 6. The molecular formula is C23H21N5O3. The highest BCUT2D eigenvalue weighted by Gasteiger charge is 2.37. The van der Waals surface area contributed by atoms with Gasteiger partial charge in [0.25, 0.3) is 11.8 Å². The molecule has 31 heavy (non-hydrogen) atoms. The summed E-state index contributed by atoms with van der Waals surface area (Å²) in [6, 6.07) is 8.82. The van der Waals surface area contributed by atoms with Gasteiger partial charge in [0.15, 0.2) is 5.82 Å².